The standard InChI is InChI=1S/2C17H11.CH2.2ClH.Zr/c2*1-2-6-15-12(4-1)8-10-14-11-9-13-5-3-7-16(13)17(14)15;;;;/h2*1-4,6,8-11H,7H2;1H2;2*1H;/q;;;;;+2/p-2. The van der Waals surface area contributed by atoms with Gasteiger partial charge in [-0.05, 0) is 0 Å². The van der Waals surface area contributed by atoms with Gasteiger partial charge in [0.25, 0.3) is 0 Å². The Labute approximate surface area is 242 Å². The van der Waals surface area contributed by atoms with Crippen molar-refractivity contribution in [2.45, 2.75) is 12.8 Å². The third kappa shape index (κ3) is 3.64. The van der Waals surface area contributed by atoms with E-state index in [1.807, 2.05) is 0 Å². The molecule has 0 saturated carbocycles. The van der Waals surface area contributed by atoms with Gasteiger partial charge >= 0.3 is 219 Å². The molecule has 0 bridgehead atoms. The van der Waals surface area contributed by atoms with Gasteiger partial charge in [0, 0.05) is 0 Å². The maximum atomic E-state index is 4.94. The summed E-state index contributed by atoms with van der Waals surface area (Å²) in [5.74, 6) is 0. The third-order valence-electron chi connectivity index (χ3n) is 8.29. The molecular weight excluding hydrogens is 583 g/mol. The van der Waals surface area contributed by atoms with E-state index in [1.54, 1.807) is 6.56 Å². The Morgan fingerprint density at radius 1 is 0.474 bits per heavy atom. The molecular formula is C35H24Cl2Zr. The van der Waals surface area contributed by atoms with Crippen molar-refractivity contribution in [1.82, 2.24) is 0 Å². The van der Waals surface area contributed by atoms with Crippen LogP contribution < -0.4 is 24.8 Å². The molecule has 6 aromatic rings. The second-order valence-electron chi connectivity index (χ2n) is 10.1. The molecule has 0 amide bonds. The van der Waals surface area contributed by atoms with Gasteiger partial charge in [0.1, 0.15) is 0 Å². The van der Waals surface area contributed by atoms with Crippen LogP contribution in [0.25, 0.3) is 49.7 Å². The quantitative estimate of drug-likeness (QED) is 0.266. The van der Waals surface area contributed by atoms with Crippen molar-refractivity contribution in [2.24, 2.45) is 0 Å². The number of hydrogen-bond acceptors (Lipinski definition) is 0. The molecule has 0 atom stereocenters. The first-order chi connectivity index (χ1) is 17.8. The van der Waals surface area contributed by atoms with Gasteiger partial charge in [-0.1, -0.05) is 0 Å². The van der Waals surface area contributed by atoms with Gasteiger partial charge in [-0.2, -0.15) is 0 Å². The fraction of sp³-hybridized carbons (Fsp3) is 0.0571. The van der Waals surface area contributed by atoms with Crippen LogP contribution in [0.15, 0.2) is 109 Å². The molecule has 0 nitrogen and oxygen atoms in total. The minimum Gasteiger partial charge on any atom is -1.00 e. The number of allylic oxidation sites excluding steroid dienone is 2. The van der Waals surface area contributed by atoms with Crippen molar-refractivity contribution in [3.63, 3.8) is 0 Å². The van der Waals surface area contributed by atoms with Crippen molar-refractivity contribution < 1.29 is 46.1 Å². The molecule has 0 aromatic heterocycles. The fourth-order valence-electron chi connectivity index (χ4n) is 6.62. The predicted molar refractivity (Wildman–Crippen MR) is 153 cm³/mol. The van der Waals surface area contributed by atoms with Gasteiger partial charge in [-0.25, -0.2) is 0 Å². The fourth-order valence-corrected chi connectivity index (χ4v) is 11.8. The first-order valence-electron chi connectivity index (χ1n) is 12.8. The molecule has 0 aliphatic heterocycles. The molecule has 6 aromatic carbocycles. The minimum atomic E-state index is -2.31. The van der Waals surface area contributed by atoms with Crippen LogP contribution in [-0.2, 0) is 34.1 Å². The van der Waals surface area contributed by atoms with Crippen molar-refractivity contribution in [3.8, 4) is 0 Å². The number of hydrogen-bond donors (Lipinski definition) is 0. The van der Waals surface area contributed by atoms with E-state index in [2.05, 4.69) is 109 Å². The maximum absolute atomic E-state index is 4.94. The second-order valence-corrected chi connectivity index (χ2v) is 15.1. The van der Waals surface area contributed by atoms with Gasteiger partial charge in [0.05, 0.1) is 0 Å². The van der Waals surface area contributed by atoms with Crippen LogP contribution in [0, 0.1) is 0 Å². The van der Waals surface area contributed by atoms with Crippen LogP contribution in [0.2, 0.25) is 0 Å². The molecule has 0 saturated heterocycles. The van der Waals surface area contributed by atoms with E-state index in [0.29, 0.717) is 0 Å². The summed E-state index contributed by atoms with van der Waals surface area (Å²) < 4.78 is 8.08. The molecule has 3 heteroatoms. The first-order valence-corrected chi connectivity index (χ1v) is 16.9. The SMILES string of the molecule is [CH2]=[Zr+2]([C]1=CCc2c1ccc1ccc3ccccc3c21)[C]1=CCc2c1ccc1ccc3ccccc3c21.[Cl-].[Cl-]. The zero-order chi connectivity index (χ0) is 23.8. The average Bonchev–Trinajstić information content (AvgIpc) is 3.57. The van der Waals surface area contributed by atoms with Gasteiger partial charge < -0.3 is 24.8 Å². The summed E-state index contributed by atoms with van der Waals surface area (Å²) >= 11 is -2.31. The van der Waals surface area contributed by atoms with Gasteiger partial charge in [0.15, 0.2) is 0 Å². The van der Waals surface area contributed by atoms with E-state index < -0.39 is 21.3 Å². The summed E-state index contributed by atoms with van der Waals surface area (Å²) in [7, 11) is 0. The molecule has 2 aliphatic carbocycles. The van der Waals surface area contributed by atoms with Crippen LogP contribution in [0.1, 0.15) is 22.3 Å². The molecule has 0 radical (unpaired) electrons. The van der Waals surface area contributed by atoms with Crippen molar-refractivity contribution >= 4 is 53.9 Å². The Morgan fingerprint density at radius 3 is 1.34 bits per heavy atom. The number of fused-ring (bicyclic) bond motifs is 10. The number of rotatable bonds is 2. The number of halogens is 2. The Morgan fingerprint density at radius 2 is 0.868 bits per heavy atom. The number of benzene rings is 6. The van der Waals surface area contributed by atoms with E-state index in [9.17, 15) is 0 Å². The van der Waals surface area contributed by atoms with Crippen LogP contribution in [-0.4, -0.2) is 4.21 Å². The minimum absolute atomic E-state index is 0. The van der Waals surface area contributed by atoms with Crippen LogP contribution >= 0.6 is 0 Å². The van der Waals surface area contributed by atoms with Crippen LogP contribution in [0.5, 0.6) is 0 Å². The normalized spacial score (nSPS) is 13.3. The summed E-state index contributed by atoms with van der Waals surface area (Å²) in [6.07, 6.45) is 7.09. The van der Waals surface area contributed by atoms with Crippen molar-refractivity contribution in [2.75, 3.05) is 0 Å². The molecule has 0 heterocycles. The summed E-state index contributed by atoms with van der Waals surface area (Å²) in [4.78, 5) is 0. The zero-order valence-electron chi connectivity index (χ0n) is 20.8. The molecule has 2 aliphatic rings. The molecule has 0 N–H and O–H groups in total. The summed E-state index contributed by atoms with van der Waals surface area (Å²) in [5, 5.41) is 11.0. The van der Waals surface area contributed by atoms with E-state index in [0.717, 1.165) is 12.8 Å². The average molecular weight is 607 g/mol. The third-order valence-corrected chi connectivity index (χ3v) is 13.8. The zero-order valence-corrected chi connectivity index (χ0v) is 24.7. The second kappa shape index (κ2) is 9.73. The molecule has 0 fully saturated rings. The Hall–Kier alpha value is -2.83. The van der Waals surface area contributed by atoms with Crippen LogP contribution in [0.3, 0.4) is 0 Å². The van der Waals surface area contributed by atoms with E-state index in [4.69, 9.17) is 4.21 Å². The van der Waals surface area contributed by atoms with E-state index in [-0.39, 0.29) is 24.8 Å². The van der Waals surface area contributed by atoms with Crippen molar-refractivity contribution in [3.05, 3.63) is 131 Å². The smallest absolute Gasteiger partial charge is 1.00 e. The largest absolute Gasteiger partial charge is 1.00 e. The maximum Gasteiger partial charge on any atom is -1.00 e. The summed E-state index contributed by atoms with van der Waals surface area (Å²) in [6, 6.07) is 36.1. The van der Waals surface area contributed by atoms with Crippen LogP contribution in [0.4, 0.5) is 0 Å². The summed E-state index contributed by atoms with van der Waals surface area (Å²) in [6.45, 7) is 0. The van der Waals surface area contributed by atoms with E-state index >= 15 is 0 Å². The monoisotopic (exact) mass is 604 g/mol. The Balaban J connectivity index is 0.00000132. The molecule has 182 valence electrons. The van der Waals surface area contributed by atoms with Gasteiger partial charge in [-0.15, -0.1) is 0 Å². The molecule has 8 rings (SSSR count). The Kier molecular flexibility index (Phi) is 6.52. The topological polar surface area (TPSA) is 0 Å². The van der Waals surface area contributed by atoms with Gasteiger partial charge in [-0.3, -0.25) is 0 Å². The first kappa shape index (κ1) is 25.5. The molecule has 38 heavy (non-hydrogen) atoms. The molecule has 0 unspecified atom stereocenters. The molecule has 0 spiro atoms. The van der Waals surface area contributed by atoms with Crippen molar-refractivity contribution in [1.29, 1.82) is 0 Å². The summed E-state index contributed by atoms with van der Waals surface area (Å²) in [5.41, 5.74) is 5.93. The van der Waals surface area contributed by atoms with E-state index in [1.165, 1.54) is 65.3 Å². The Bertz CT molecular complexity index is 1870. The predicted octanol–water partition coefficient (Wildman–Crippen LogP) is 2.85. The van der Waals surface area contributed by atoms with Gasteiger partial charge in [0.2, 0.25) is 0 Å².